The molecule has 0 aliphatic carbocycles. The first-order valence-corrected chi connectivity index (χ1v) is 5.11. The number of H-pyrrole nitrogens is 1. The lowest BCUT2D eigenvalue weighted by Crippen LogP contribution is -1.83. The molecule has 0 saturated heterocycles. The highest BCUT2D eigenvalue weighted by Crippen LogP contribution is 2.30. The molecule has 0 bridgehead atoms. The molecule has 0 aliphatic rings. The Morgan fingerprint density at radius 1 is 1.29 bits per heavy atom. The summed E-state index contributed by atoms with van der Waals surface area (Å²) in [6.07, 6.45) is 0. The maximum atomic E-state index is 5.78. The maximum absolute atomic E-state index is 5.78. The number of aromatic amines is 1. The second-order valence-electron chi connectivity index (χ2n) is 2.81. The number of hydrogen-bond acceptors (Lipinski definition) is 2. The third kappa shape index (κ3) is 1.63. The average Bonchev–Trinajstić information content (AvgIpc) is 2.50. The third-order valence-corrected chi connectivity index (χ3v) is 2.90. The number of anilines is 1. The van der Waals surface area contributed by atoms with Crippen molar-refractivity contribution in [2.24, 2.45) is 0 Å². The van der Waals surface area contributed by atoms with E-state index in [0.29, 0.717) is 10.8 Å². The van der Waals surface area contributed by atoms with Crippen LogP contribution in [0.5, 0.6) is 0 Å². The monoisotopic (exact) mass is 271 g/mol. The first-order chi connectivity index (χ1) is 6.68. The van der Waals surface area contributed by atoms with E-state index in [1.54, 1.807) is 0 Å². The Balaban J connectivity index is 2.49. The molecular formula is C9H7BrClN3. The van der Waals surface area contributed by atoms with Crippen LogP contribution in [0.4, 0.5) is 5.82 Å². The number of nitrogens with one attached hydrogen (secondary N) is 1. The Morgan fingerprint density at radius 3 is 2.43 bits per heavy atom. The third-order valence-electron chi connectivity index (χ3n) is 1.85. The fraction of sp³-hybridized carbons (Fsp3) is 0. The molecule has 14 heavy (non-hydrogen) atoms. The van der Waals surface area contributed by atoms with E-state index in [9.17, 15) is 0 Å². The van der Waals surface area contributed by atoms with E-state index in [-0.39, 0.29) is 0 Å². The Labute approximate surface area is 94.4 Å². The van der Waals surface area contributed by atoms with Gasteiger partial charge < -0.3 is 5.73 Å². The van der Waals surface area contributed by atoms with E-state index in [4.69, 9.17) is 17.3 Å². The van der Waals surface area contributed by atoms with Crippen molar-refractivity contribution in [2.75, 3.05) is 5.73 Å². The maximum Gasteiger partial charge on any atom is 0.134 e. The molecule has 0 unspecified atom stereocenters. The second-order valence-corrected chi connectivity index (χ2v) is 4.04. The number of benzene rings is 1. The smallest absolute Gasteiger partial charge is 0.134 e. The topological polar surface area (TPSA) is 54.7 Å². The zero-order valence-electron chi connectivity index (χ0n) is 7.09. The highest BCUT2D eigenvalue weighted by molar-refractivity contribution is 9.10. The van der Waals surface area contributed by atoms with Crippen LogP contribution in [0, 0.1) is 0 Å². The Hall–Kier alpha value is -1.000. The van der Waals surface area contributed by atoms with Gasteiger partial charge in [0.25, 0.3) is 0 Å². The van der Waals surface area contributed by atoms with Crippen molar-refractivity contribution in [3.8, 4) is 11.3 Å². The lowest BCUT2D eigenvalue weighted by Gasteiger charge is -1.97. The zero-order chi connectivity index (χ0) is 10.1. The van der Waals surface area contributed by atoms with Gasteiger partial charge in [-0.25, -0.2) is 0 Å². The van der Waals surface area contributed by atoms with Crippen LogP contribution in [0.3, 0.4) is 0 Å². The van der Waals surface area contributed by atoms with Gasteiger partial charge in [0, 0.05) is 10.6 Å². The summed E-state index contributed by atoms with van der Waals surface area (Å²) in [5, 5.41) is 7.48. The minimum absolute atomic E-state index is 0.523. The van der Waals surface area contributed by atoms with Gasteiger partial charge in [-0.05, 0) is 28.1 Å². The minimum atomic E-state index is 0.523. The standard InChI is InChI=1S/C9H7BrClN3/c10-7-8(13-14-9(7)12)5-1-3-6(11)4-2-5/h1-4H,(H3,12,13,14). The summed E-state index contributed by atoms with van der Waals surface area (Å²) < 4.78 is 0.778. The van der Waals surface area contributed by atoms with E-state index in [2.05, 4.69) is 26.1 Å². The number of rotatable bonds is 1. The number of hydrogen-bond donors (Lipinski definition) is 2. The van der Waals surface area contributed by atoms with Crippen molar-refractivity contribution < 1.29 is 0 Å². The molecular weight excluding hydrogens is 265 g/mol. The molecule has 1 aromatic carbocycles. The van der Waals surface area contributed by atoms with Crippen LogP contribution < -0.4 is 5.73 Å². The van der Waals surface area contributed by atoms with Crippen molar-refractivity contribution in [1.82, 2.24) is 10.2 Å². The Bertz CT molecular complexity index is 450. The van der Waals surface area contributed by atoms with Crippen molar-refractivity contribution in [2.45, 2.75) is 0 Å². The number of halogens is 2. The first kappa shape index (κ1) is 9.55. The fourth-order valence-electron chi connectivity index (χ4n) is 1.14. The molecule has 0 fully saturated rings. The van der Waals surface area contributed by atoms with Gasteiger partial charge in [0.1, 0.15) is 11.5 Å². The largest absolute Gasteiger partial charge is 0.383 e. The summed E-state index contributed by atoms with van der Waals surface area (Å²) in [5.41, 5.74) is 7.37. The number of nitrogens with zero attached hydrogens (tertiary/aromatic N) is 1. The lowest BCUT2D eigenvalue weighted by molar-refractivity contribution is 1.10. The summed E-state index contributed by atoms with van der Waals surface area (Å²) in [7, 11) is 0. The van der Waals surface area contributed by atoms with Gasteiger partial charge >= 0.3 is 0 Å². The van der Waals surface area contributed by atoms with Crippen LogP contribution in [0.15, 0.2) is 28.7 Å². The summed E-state index contributed by atoms with van der Waals surface area (Å²) in [5.74, 6) is 0.523. The van der Waals surface area contributed by atoms with Gasteiger partial charge in [-0.15, -0.1) is 0 Å². The van der Waals surface area contributed by atoms with Crippen molar-refractivity contribution >= 4 is 33.3 Å². The summed E-state index contributed by atoms with van der Waals surface area (Å²) >= 11 is 9.13. The molecule has 3 N–H and O–H groups in total. The summed E-state index contributed by atoms with van der Waals surface area (Å²) in [6, 6.07) is 7.41. The molecule has 0 amide bonds. The second kappa shape index (κ2) is 3.63. The highest BCUT2D eigenvalue weighted by Gasteiger charge is 2.09. The number of nitrogens with two attached hydrogens (primary N) is 1. The van der Waals surface area contributed by atoms with Crippen LogP contribution in [0.2, 0.25) is 5.02 Å². The predicted molar refractivity (Wildman–Crippen MR) is 61.1 cm³/mol. The van der Waals surface area contributed by atoms with Crippen LogP contribution >= 0.6 is 27.5 Å². The van der Waals surface area contributed by atoms with Crippen molar-refractivity contribution in [3.63, 3.8) is 0 Å². The normalized spacial score (nSPS) is 10.4. The molecule has 0 radical (unpaired) electrons. The van der Waals surface area contributed by atoms with Gasteiger partial charge in [0.15, 0.2) is 0 Å². The molecule has 2 rings (SSSR count). The van der Waals surface area contributed by atoms with E-state index < -0.39 is 0 Å². The predicted octanol–water partition coefficient (Wildman–Crippen LogP) is 3.07. The molecule has 0 atom stereocenters. The van der Waals surface area contributed by atoms with Crippen molar-refractivity contribution in [1.29, 1.82) is 0 Å². The molecule has 0 spiro atoms. The van der Waals surface area contributed by atoms with Gasteiger partial charge in [-0.3, -0.25) is 5.10 Å². The van der Waals surface area contributed by atoms with E-state index >= 15 is 0 Å². The van der Waals surface area contributed by atoms with E-state index in [1.807, 2.05) is 24.3 Å². The van der Waals surface area contributed by atoms with Crippen LogP contribution in [0.25, 0.3) is 11.3 Å². The molecule has 0 saturated carbocycles. The molecule has 0 aliphatic heterocycles. The van der Waals surface area contributed by atoms with Gasteiger partial charge in [0.2, 0.25) is 0 Å². The van der Waals surface area contributed by atoms with Gasteiger partial charge in [-0.1, -0.05) is 23.7 Å². The van der Waals surface area contributed by atoms with Crippen molar-refractivity contribution in [3.05, 3.63) is 33.8 Å². The van der Waals surface area contributed by atoms with Gasteiger partial charge in [-0.2, -0.15) is 5.10 Å². The quantitative estimate of drug-likeness (QED) is 0.838. The summed E-state index contributed by atoms with van der Waals surface area (Å²) in [4.78, 5) is 0. The fourth-order valence-corrected chi connectivity index (χ4v) is 1.67. The Morgan fingerprint density at radius 2 is 1.93 bits per heavy atom. The van der Waals surface area contributed by atoms with E-state index in [0.717, 1.165) is 15.7 Å². The molecule has 5 heteroatoms. The zero-order valence-corrected chi connectivity index (χ0v) is 9.43. The molecule has 2 aromatic rings. The average molecular weight is 273 g/mol. The molecule has 72 valence electrons. The summed E-state index contributed by atoms with van der Waals surface area (Å²) in [6.45, 7) is 0. The van der Waals surface area contributed by atoms with Gasteiger partial charge in [0.05, 0.1) is 4.47 Å². The van der Waals surface area contributed by atoms with Crippen LogP contribution in [0.1, 0.15) is 0 Å². The molecule has 1 heterocycles. The first-order valence-electron chi connectivity index (χ1n) is 3.94. The number of nitrogen functional groups attached to an aromatic ring is 1. The lowest BCUT2D eigenvalue weighted by atomic mass is 10.1. The SMILES string of the molecule is Nc1[nH]nc(-c2ccc(Cl)cc2)c1Br. The Kier molecular flexibility index (Phi) is 2.48. The van der Waals surface area contributed by atoms with E-state index in [1.165, 1.54) is 0 Å². The van der Waals surface area contributed by atoms with Crippen LogP contribution in [-0.2, 0) is 0 Å². The molecule has 3 nitrogen and oxygen atoms in total. The van der Waals surface area contributed by atoms with Crippen LogP contribution in [-0.4, -0.2) is 10.2 Å². The minimum Gasteiger partial charge on any atom is -0.383 e. The number of aromatic nitrogens is 2. The molecule has 1 aromatic heterocycles. The highest BCUT2D eigenvalue weighted by atomic mass is 79.9.